The molecule has 2 heterocycles. The van der Waals surface area contributed by atoms with Crippen LogP contribution in [0.3, 0.4) is 0 Å². The number of fused-ring (bicyclic) bond motifs is 1. The molecule has 1 aromatic heterocycles. The van der Waals surface area contributed by atoms with Crippen LogP contribution in [0, 0.1) is 5.92 Å². The van der Waals surface area contributed by atoms with Gasteiger partial charge in [0.2, 0.25) is 0 Å². The number of aromatic nitrogens is 2. The first kappa shape index (κ1) is 14.6. The Morgan fingerprint density at radius 3 is 2.75 bits per heavy atom. The van der Waals surface area contributed by atoms with Gasteiger partial charge >= 0.3 is 6.09 Å². The third-order valence-corrected chi connectivity index (χ3v) is 3.28. The molecule has 6 heteroatoms. The van der Waals surface area contributed by atoms with Crippen LogP contribution in [0.1, 0.15) is 44.5 Å². The lowest BCUT2D eigenvalue weighted by Crippen LogP contribution is -2.45. The first-order chi connectivity index (χ1) is 9.35. The quantitative estimate of drug-likeness (QED) is 0.780. The van der Waals surface area contributed by atoms with Gasteiger partial charge in [-0.05, 0) is 33.1 Å². The monoisotopic (exact) mass is 279 g/mol. The molecule has 20 heavy (non-hydrogen) atoms. The molecule has 0 aliphatic carbocycles. The first-order valence-corrected chi connectivity index (χ1v) is 6.87. The number of nitrogens with zero attached hydrogens (tertiary/aromatic N) is 3. The lowest BCUT2D eigenvalue weighted by Gasteiger charge is -2.34. The summed E-state index contributed by atoms with van der Waals surface area (Å²) in [6.45, 7) is 8.82. The molecule has 110 valence electrons. The zero-order valence-electron chi connectivity index (χ0n) is 12.4. The molecular weight excluding hydrogens is 258 g/mol. The smallest absolute Gasteiger partial charge is 0.416 e. The summed E-state index contributed by atoms with van der Waals surface area (Å²) in [5.41, 5.74) is -0.145. The predicted octanol–water partition coefficient (Wildman–Crippen LogP) is 2.48. The van der Waals surface area contributed by atoms with Gasteiger partial charge in [-0.1, -0.05) is 6.92 Å². The number of hydrogen-bond donors (Lipinski definition) is 0. The van der Waals surface area contributed by atoms with Gasteiger partial charge in [-0.25, -0.2) is 9.48 Å². The van der Waals surface area contributed by atoms with Crippen LogP contribution in [0.2, 0.25) is 0 Å². The summed E-state index contributed by atoms with van der Waals surface area (Å²) >= 11 is 0. The molecule has 6 nitrogen and oxygen atoms in total. The van der Waals surface area contributed by atoms with Crippen LogP contribution in [-0.2, 0) is 11.3 Å². The zero-order valence-corrected chi connectivity index (χ0v) is 12.4. The molecule has 0 radical (unpaired) electrons. The molecule has 0 fully saturated rings. The van der Waals surface area contributed by atoms with Gasteiger partial charge in [-0.3, -0.25) is 9.69 Å². The number of amides is 1. The van der Waals surface area contributed by atoms with Crippen molar-refractivity contribution in [1.82, 2.24) is 9.78 Å². The van der Waals surface area contributed by atoms with E-state index in [4.69, 9.17) is 4.74 Å². The molecule has 0 saturated heterocycles. The molecule has 1 aliphatic rings. The maximum absolute atomic E-state index is 12.4. The molecule has 1 unspecified atom stereocenters. The average Bonchev–Trinajstić information content (AvgIpc) is 2.78. The molecule has 1 aliphatic heterocycles. The Labute approximate surface area is 118 Å². The number of anilines is 1. The minimum absolute atomic E-state index is 0.314. The van der Waals surface area contributed by atoms with E-state index in [0.29, 0.717) is 23.8 Å². The van der Waals surface area contributed by atoms with E-state index < -0.39 is 11.7 Å². The summed E-state index contributed by atoms with van der Waals surface area (Å²) in [4.78, 5) is 25.0. The van der Waals surface area contributed by atoms with Crippen molar-refractivity contribution in [1.29, 1.82) is 0 Å². The Hall–Kier alpha value is -1.85. The standard InChI is InChI=1S/C14H21N3O3/c1-5-10-7-16(13(19)20-14(2,3)4)12-11(9-18)6-15-17(12)8-10/h6,9-10H,5,7-8H2,1-4H3. The van der Waals surface area contributed by atoms with E-state index in [1.165, 1.54) is 11.1 Å². The van der Waals surface area contributed by atoms with Gasteiger partial charge in [0.05, 0.1) is 11.8 Å². The van der Waals surface area contributed by atoms with E-state index in [-0.39, 0.29) is 0 Å². The second-order valence-electron chi connectivity index (χ2n) is 6.09. The largest absolute Gasteiger partial charge is 0.443 e. The highest BCUT2D eigenvalue weighted by Crippen LogP contribution is 2.29. The molecule has 1 atom stereocenters. The van der Waals surface area contributed by atoms with Crippen molar-refractivity contribution < 1.29 is 14.3 Å². The highest BCUT2D eigenvalue weighted by Gasteiger charge is 2.33. The molecule has 1 amide bonds. The Kier molecular flexibility index (Phi) is 3.83. The van der Waals surface area contributed by atoms with Gasteiger partial charge in [0.15, 0.2) is 6.29 Å². The van der Waals surface area contributed by atoms with Gasteiger partial charge in [0.25, 0.3) is 0 Å². The topological polar surface area (TPSA) is 64.4 Å². The number of aldehydes is 1. The SMILES string of the molecule is CCC1CN(C(=O)OC(C)(C)C)c2c(C=O)cnn2C1. The Morgan fingerprint density at radius 1 is 1.50 bits per heavy atom. The van der Waals surface area contributed by atoms with Crippen LogP contribution in [-0.4, -0.2) is 34.3 Å². The van der Waals surface area contributed by atoms with Crippen molar-refractivity contribution in [3.05, 3.63) is 11.8 Å². The molecule has 0 N–H and O–H groups in total. The number of hydrogen-bond acceptors (Lipinski definition) is 4. The summed E-state index contributed by atoms with van der Waals surface area (Å²) in [5, 5.41) is 4.19. The molecule has 2 rings (SSSR count). The minimum atomic E-state index is -0.567. The molecule has 0 spiro atoms. The fraction of sp³-hybridized carbons (Fsp3) is 0.643. The predicted molar refractivity (Wildman–Crippen MR) is 75.0 cm³/mol. The van der Waals surface area contributed by atoms with Crippen LogP contribution in [0.4, 0.5) is 10.6 Å². The summed E-state index contributed by atoms with van der Waals surface area (Å²) < 4.78 is 7.14. The average molecular weight is 279 g/mol. The number of carbonyl (C=O) groups excluding carboxylic acids is 2. The Balaban J connectivity index is 2.34. The highest BCUT2D eigenvalue weighted by atomic mass is 16.6. The second kappa shape index (κ2) is 5.26. The molecule has 0 bridgehead atoms. The van der Waals surface area contributed by atoms with Crippen LogP contribution in [0.25, 0.3) is 0 Å². The number of ether oxygens (including phenoxy) is 1. The molecule has 0 aromatic carbocycles. The van der Waals surface area contributed by atoms with E-state index in [9.17, 15) is 9.59 Å². The van der Waals surface area contributed by atoms with Gasteiger partial charge in [-0.15, -0.1) is 0 Å². The van der Waals surface area contributed by atoms with Crippen LogP contribution in [0.15, 0.2) is 6.20 Å². The third-order valence-electron chi connectivity index (χ3n) is 3.28. The van der Waals surface area contributed by atoms with Crippen molar-refractivity contribution in [2.24, 2.45) is 5.92 Å². The normalized spacial score (nSPS) is 18.6. The van der Waals surface area contributed by atoms with Crippen LogP contribution in [0.5, 0.6) is 0 Å². The van der Waals surface area contributed by atoms with Crippen molar-refractivity contribution in [2.75, 3.05) is 11.4 Å². The number of rotatable bonds is 2. The van der Waals surface area contributed by atoms with Crippen LogP contribution >= 0.6 is 0 Å². The van der Waals surface area contributed by atoms with E-state index in [2.05, 4.69) is 12.0 Å². The summed E-state index contributed by atoms with van der Waals surface area (Å²) in [6.07, 6.45) is 2.73. The van der Waals surface area contributed by atoms with Crippen molar-refractivity contribution in [3.63, 3.8) is 0 Å². The Morgan fingerprint density at radius 2 is 2.20 bits per heavy atom. The maximum Gasteiger partial charge on any atom is 0.416 e. The molecular formula is C14H21N3O3. The summed E-state index contributed by atoms with van der Waals surface area (Å²) in [5.74, 6) is 0.855. The van der Waals surface area contributed by atoms with E-state index >= 15 is 0 Å². The van der Waals surface area contributed by atoms with E-state index in [1.807, 2.05) is 20.8 Å². The first-order valence-electron chi connectivity index (χ1n) is 6.87. The Bertz CT molecular complexity index is 516. The van der Waals surface area contributed by atoms with Gasteiger partial charge in [0, 0.05) is 13.1 Å². The van der Waals surface area contributed by atoms with E-state index in [0.717, 1.165) is 19.3 Å². The lowest BCUT2D eigenvalue weighted by atomic mass is 10.0. The zero-order chi connectivity index (χ0) is 14.9. The minimum Gasteiger partial charge on any atom is -0.443 e. The lowest BCUT2D eigenvalue weighted by molar-refractivity contribution is 0.0563. The van der Waals surface area contributed by atoms with Crippen LogP contribution < -0.4 is 4.90 Å². The van der Waals surface area contributed by atoms with Gasteiger partial charge < -0.3 is 4.74 Å². The van der Waals surface area contributed by atoms with Crippen molar-refractivity contribution in [3.8, 4) is 0 Å². The second-order valence-corrected chi connectivity index (χ2v) is 6.09. The fourth-order valence-electron chi connectivity index (χ4n) is 2.29. The number of carbonyl (C=O) groups is 2. The van der Waals surface area contributed by atoms with Crippen molar-refractivity contribution >= 4 is 18.2 Å². The summed E-state index contributed by atoms with van der Waals surface area (Å²) in [7, 11) is 0. The van der Waals surface area contributed by atoms with Gasteiger partial charge in [-0.2, -0.15) is 5.10 Å². The molecule has 1 aromatic rings. The summed E-state index contributed by atoms with van der Waals surface area (Å²) in [6, 6.07) is 0. The highest BCUT2D eigenvalue weighted by molar-refractivity contribution is 5.94. The fourth-order valence-corrected chi connectivity index (χ4v) is 2.29. The molecule has 0 saturated carbocycles. The van der Waals surface area contributed by atoms with E-state index in [1.54, 1.807) is 4.68 Å². The van der Waals surface area contributed by atoms with Gasteiger partial charge in [0.1, 0.15) is 11.4 Å². The third kappa shape index (κ3) is 2.84. The van der Waals surface area contributed by atoms with Crippen molar-refractivity contribution in [2.45, 2.75) is 46.3 Å². The maximum atomic E-state index is 12.4.